The molecule has 2 aromatic carbocycles. The Hall–Kier alpha value is -3.06. The van der Waals surface area contributed by atoms with E-state index >= 15 is 0 Å². The van der Waals surface area contributed by atoms with E-state index in [1.165, 1.54) is 5.56 Å². The molecule has 3 amide bonds. The number of nitrogens with zero attached hydrogens (tertiary/aromatic N) is 3. The molecule has 2 aromatic rings. The van der Waals surface area contributed by atoms with E-state index in [1.807, 2.05) is 46.2 Å². The zero-order valence-electron chi connectivity index (χ0n) is 19.5. The first-order valence-corrected chi connectivity index (χ1v) is 11.9. The van der Waals surface area contributed by atoms with Gasteiger partial charge in [0.2, 0.25) is 0 Å². The van der Waals surface area contributed by atoms with Gasteiger partial charge in [0, 0.05) is 57.9 Å². The summed E-state index contributed by atoms with van der Waals surface area (Å²) in [4.78, 5) is 31.5. The fourth-order valence-electron chi connectivity index (χ4n) is 4.46. The first kappa shape index (κ1) is 23.1. The SMILES string of the molecule is COc1ccc(CCN2CCN(C(=O)NCc3cccc(C(=O)N4CCCC4)c3)CC2)cc1. The van der Waals surface area contributed by atoms with Crippen molar-refractivity contribution in [1.29, 1.82) is 0 Å². The number of benzene rings is 2. The van der Waals surface area contributed by atoms with Gasteiger partial charge in [-0.1, -0.05) is 24.3 Å². The first-order chi connectivity index (χ1) is 16.1. The van der Waals surface area contributed by atoms with Crippen LogP contribution < -0.4 is 10.1 Å². The number of carbonyl (C=O) groups excluding carboxylic acids is 2. The van der Waals surface area contributed by atoms with Gasteiger partial charge in [-0.3, -0.25) is 9.69 Å². The van der Waals surface area contributed by atoms with Crippen molar-refractivity contribution < 1.29 is 14.3 Å². The Morgan fingerprint density at radius 1 is 0.879 bits per heavy atom. The van der Waals surface area contributed by atoms with Crippen LogP contribution in [0, 0.1) is 0 Å². The molecule has 2 heterocycles. The zero-order valence-corrected chi connectivity index (χ0v) is 19.5. The van der Waals surface area contributed by atoms with Gasteiger partial charge in [0.05, 0.1) is 7.11 Å². The minimum Gasteiger partial charge on any atom is -0.497 e. The Morgan fingerprint density at radius 3 is 2.30 bits per heavy atom. The number of rotatable bonds is 7. The van der Waals surface area contributed by atoms with E-state index in [1.54, 1.807) is 7.11 Å². The van der Waals surface area contributed by atoms with Crippen molar-refractivity contribution in [2.75, 3.05) is 52.9 Å². The maximum absolute atomic E-state index is 12.7. The third-order valence-electron chi connectivity index (χ3n) is 6.55. The molecule has 0 bridgehead atoms. The second-order valence-electron chi connectivity index (χ2n) is 8.79. The number of ether oxygens (including phenoxy) is 1. The smallest absolute Gasteiger partial charge is 0.317 e. The average Bonchev–Trinajstić information content (AvgIpc) is 3.41. The number of hydrogen-bond donors (Lipinski definition) is 1. The van der Waals surface area contributed by atoms with Crippen molar-refractivity contribution in [2.45, 2.75) is 25.8 Å². The highest BCUT2D eigenvalue weighted by molar-refractivity contribution is 5.94. The predicted octanol–water partition coefficient (Wildman–Crippen LogP) is 3.00. The Morgan fingerprint density at radius 2 is 1.61 bits per heavy atom. The molecule has 176 valence electrons. The number of nitrogens with one attached hydrogen (secondary N) is 1. The summed E-state index contributed by atoms with van der Waals surface area (Å²) in [6.07, 6.45) is 3.15. The first-order valence-electron chi connectivity index (χ1n) is 11.9. The highest BCUT2D eigenvalue weighted by Gasteiger charge is 2.22. The van der Waals surface area contributed by atoms with Crippen molar-refractivity contribution in [3.8, 4) is 5.75 Å². The molecule has 2 saturated heterocycles. The molecule has 0 radical (unpaired) electrons. The Balaban J connectivity index is 1.19. The maximum Gasteiger partial charge on any atom is 0.317 e. The predicted molar refractivity (Wildman–Crippen MR) is 129 cm³/mol. The van der Waals surface area contributed by atoms with Crippen LogP contribution in [0.15, 0.2) is 48.5 Å². The molecule has 0 aromatic heterocycles. The van der Waals surface area contributed by atoms with E-state index in [-0.39, 0.29) is 11.9 Å². The third kappa shape index (κ3) is 6.26. The number of methoxy groups -OCH3 is 1. The lowest BCUT2D eigenvalue weighted by atomic mass is 10.1. The van der Waals surface area contributed by atoms with Crippen LogP contribution in [0.3, 0.4) is 0 Å². The lowest BCUT2D eigenvalue weighted by Crippen LogP contribution is -2.51. The summed E-state index contributed by atoms with van der Waals surface area (Å²) < 4.78 is 5.21. The van der Waals surface area contributed by atoms with Crippen molar-refractivity contribution in [2.24, 2.45) is 0 Å². The highest BCUT2D eigenvalue weighted by Crippen LogP contribution is 2.15. The Bertz CT molecular complexity index is 933. The van der Waals surface area contributed by atoms with E-state index in [0.29, 0.717) is 12.1 Å². The summed E-state index contributed by atoms with van der Waals surface area (Å²) in [5.74, 6) is 0.967. The largest absolute Gasteiger partial charge is 0.497 e. The molecule has 4 rings (SSSR count). The van der Waals surface area contributed by atoms with Gasteiger partial charge in [0.25, 0.3) is 5.91 Å². The fourth-order valence-corrected chi connectivity index (χ4v) is 4.46. The van der Waals surface area contributed by atoms with Gasteiger partial charge < -0.3 is 19.9 Å². The van der Waals surface area contributed by atoms with Gasteiger partial charge in [0.1, 0.15) is 5.75 Å². The summed E-state index contributed by atoms with van der Waals surface area (Å²) in [5.41, 5.74) is 2.95. The molecule has 33 heavy (non-hydrogen) atoms. The summed E-state index contributed by atoms with van der Waals surface area (Å²) >= 11 is 0. The standard InChI is InChI=1S/C26H34N4O3/c1-33-24-9-7-21(8-10-24)11-14-28-15-17-30(18-16-28)26(32)27-20-22-5-4-6-23(19-22)25(31)29-12-2-3-13-29/h4-10,19H,2-3,11-18,20H2,1H3,(H,27,32). The van der Waals surface area contributed by atoms with Gasteiger partial charge in [0.15, 0.2) is 0 Å². The number of hydrogen-bond acceptors (Lipinski definition) is 4. The van der Waals surface area contributed by atoms with E-state index in [9.17, 15) is 9.59 Å². The zero-order chi connectivity index (χ0) is 23.0. The van der Waals surface area contributed by atoms with E-state index in [4.69, 9.17) is 4.74 Å². The van der Waals surface area contributed by atoms with E-state index in [0.717, 1.165) is 76.4 Å². The molecule has 7 heteroatoms. The highest BCUT2D eigenvalue weighted by atomic mass is 16.5. The summed E-state index contributed by atoms with van der Waals surface area (Å²) in [6.45, 7) is 6.30. The van der Waals surface area contributed by atoms with Crippen LogP contribution >= 0.6 is 0 Å². The second kappa shape index (κ2) is 11.2. The van der Waals surface area contributed by atoms with Gasteiger partial charge in [-0.05, 0) is 54.7 Å². The molecule has 0 unspecified atom stereocenters. The molecule has 2 aliphatic heterocycles. The number of amides is 3. The lowest BCUT2D eigenvalue weighted by molar-refractivity contribution is 0.0792. The topological polar surface area (TPSA) is 65.1 Å². The normalized spacial score (nSPS) is 16.6. The molecule has 0 saturated carbocycles. The van der Waals surface area contributed by atoms with Crippen LogP contribution in [-0.4, -0.2) is 79.6 Å². The van der Waals surface area contributed by atoms with Crippen LogP contribution in [0.25, 0.3) is 0 Å². The fraction of sp³-hybridized carbons (Fsp3) is 0.462. The molecule has 7 nitrogen and oxygen atoms in total. The third-order valence-corrected chi connectivity index (χ3v) is 6.55. The number of piperazine rings is 1. The molecule has 2 aliphatic rings. The molecule has 0 atom stereocenters. The van der Waals surface area contributed by atoms with Gasteiger partial charge in [-0.25, -0.2) is 4.79 Å². The lowest BCUT2D eigenvalue weighted by Gasteiger charge is -2.34. The molecule has 0 aliphatic carbocycles. The molecular formula is C26H34N4O3. The monoisotopic (exact) mass is 450 g/mol. The number of carbonyl (C=O) groups is 2. The number of likely N-dealkylation sites (tertiary alicyclic amines) is 1. The van der Waals surface area contributed by atoms with Crippen molar-refractivity contribution in [3.63, 3.8) is 0 Å². The summed E-state index contributed by atoms with van der Waals surface area (Å²) in [5, 5.41) is 3.02. The van der Waals surface area contributed by atoms with Crippen LogP contribution in [0.4, 0.5) is 4.79 Å². The minimum atomic E-state index is -0.0407. The van der Waals surface area contributed by atoms with E-state index < -0.39 is 0 Å². The Kier molecular flexibility index (Phi) is 7.83. The summed E-state index contributed by atoms with van der Waals surface area (Å²) in [6, 6.07) is 15.8. The van der Waals surface area contributed by atoms with Crippen LogP contribution in [0.2, 0.25) is 0 Å². The molecular weight excluding hydrogens is 416 g/mol. The maximum atomic E-state index is 12.7. The summed E-state index contributed by atoms with van der Waals surface area (Å²) in [7, 11) is 1.68. The molecule has 0 spiro atoms. The average molecular weight is 451 g/mol. The quantitative estimate of drug-likeness (QED) is 0.704. The van der Waals surface area contributed by atoms with Crippen molar-refractivity contribution in [1.82, 2.24) is 20.0 Å². The van der Waals surface area contributed by atoms with Crippen LogP contribution in [-0.2, 0) is 13.0 Å². The molecule has 2 fully saturated rings. The minimum absolute atomic E-state index is 0.0407. The van der Waals surface area contributed by atoms with Crippen molar-refractivity contribution in [3.05, 3.63) is 65.2 Å². The van der Waals surface area contributed by atoms with E-state index in [2.05, 4.69) is 22.3 Å². The van der Waals surface area contributed by atoms with Gasteiger partial charge in [-0.2, -0.15) is 0 Å². The van der Waals surface area contributed by atoms with Gasteiger partial charge >= 0.3 is 6.03 Å². The van der Waals surface area contributed by atoms with Crippen LogP contribution in [0.5, 0.6) is 5.75 Å². The second-order valence-corrected chi connectivity index (χ2v) is 8.79. The number of urea groups is 1. The van der Waals surface area contributed by atoms with Crippen LogP contribution in [0.1, 0.15) is 34.3 Å². The Labute approximate surface area is 196 Å². The molecule has 1 N–H and O–H groups in total. The van der Waals surface area contributed by atoms with Crippen molar-refractivity contribution >= 4 is 11.9 Å². The van der Waals surface area contributed by atoms with Gasteiger partial charge in [-0.15, -0.1) is 0 Å².